The standard InChI is InChI=1S/C15H12NO2.ClH/c1-11-12-7-3-4-8-13(12)18-15(17)14(11)16-9-5-2-6-10-16;/h2-10H,1H3;1H/q+1;/p-1. The van der Waals surface area contributed by atoms with E-state index >= 15 is 0 Å². The third-order valence-corrected chi connectivity index (χ3v) is 3.02. The zero-order chi connectivity index (χ0) is 12.5. The Morgan fingerprint density at radius 2 is 1.68 bits per heavy atom. The lowest BCUT2D eigenvalue weighted by atomic mass is 10.1. The fourth-order valence-corrected chi connectivity index (χ4v) is 2.14. The van der Waals surface area contributed by atoms with Gasteiger partial charge < -0.3 is 16.8 Å². The lowest BCUT2D eigenvalue weighted by molar-refractivity contribution is -0.597. The number of nitrogens with zero attached hydrogens (tertiary/aromatic N) is 1. The Kier molecular flexibility index (Phi) is 3.67. The lowest BCUT2D eigenvalue weighted by Gasteiger charge is -2.02. The normalized spacial score (nSPS) is 10.2. The molecule has 0 N–H and O–H groups in total. The highest BCUT2D eigenvalue weighted by atomic mass is 35.5. The molecule has 0 aliphatic heterocycles. The molecule has 2 aromatic heterocycles. The molecule has 1 aromatic carbocycles. The van der Waals surface area contributed by atoms with Crippen LogP contribution in [-0.2, 0) is 0 Å². The molecule has 19 heavy (non-hydrogen) atoms. The van der Waals surface area contributed by atoms with Crippen molar-refractivity contribution < 1.29 is 21.4 Å². The van der Waals surface area contributed by atoms with Gasteiger partial charge in [0.2, 0.25) is 0 Å². The van der Waals surface area contributed by atoms with Gasteiger partial charge >= 0.3 is 5.63 Å². The summed E-state index contributed by atoms with van der Waals surface area (Å²) in [5.41, 5.74) is 1.80. The molecular weight excluding hydrogens is 262 g/mol. The van der Waals surface area contributed by atoms with E-state index in [9.17, 15) is 4.79 Å². The molecule has 96 valence electrons. The molecule has 0 fully saturated rings. The number of para-hydroxylation sites is 1. The highest BCUT2D eigenvalue weighted by Crippen LogP contribution is 2.18. The highest BCUT2D eigenvalue weighted by molar-refractivity contribution is 5.81. The van der Waals surface area contributed by atoms with Crippen LogP contribution in [0.2, 0.25) is 0 Å². The SMILES string of the molecule is Cc1c(-[n+]2ccccc2)c(=O)oc2ccccc12.[Cl-]. The smallest absolute Gasteiger partial charge is 0.409 e. The minimum Gasteiger partial charge on any atom is -1.00 e. The maximum absolute atomic E-state index is 12.1. The van der Waals surface area contributed by atoms with Gasteiger partial charge in [-0.25, -0.2) is 4.79 Å². The van der Waals surface area contributed by atoms with Gasteiger partial charge in [-0.2, -0.15) is 4.57 Å². The predicted molar refractivity (Wildman–Crippen MR) is 68.8 cm³/mol. The lowest BCUT2D eigenvalue weighted by Crippen LogP contribution is -3.00. The Morgan fingerprint density at radius 3 is 2.42 bits per heavy atom. The Morgan fingerprint density at radius 1 is 1.00 bits per heavy atom. The van der Waals surface area contributed by atoms with Gasteiger partial charge in [0, 0.05) is 23.1 Å². The van der Waals surface area contributed by atoms with Crippen LogP contribution < -0.4 is 22.6 Å². The maximum Gasteiger partial charge on any atom is 0.409 e. The molecule has 3 aromatic rings. The zero-order valence-corrected chi connectivity index (χ0v) is 11.1. The van der Waals surface area contributed by atoms with Crippen LogP contribution in [0.25, 0.3) is 16.7 Å². The second-order valence-corrected chi connectivity index (χ2v) is 4.14. The molecule has 0 atom stereocenters. The van der Waals surface area contributed by atoms with E-state index in [1.54, 1.807) is 4.57 Å². The van der Waals surface area contributed by atoms with Gasteiger partial charge in [-0.15, -0.1) is 0 Å². The molecule has 0 spiro atoms. The van der Waals surface area contributed by atoms with Crippen LogP contribution in [0.4, 0.5) is 0 Å². The van der Waals surface area contributed by atoms with Crippen LogP contribution in [0, 0.1) is 6.92 Å². The van der Waals surface area contributed by atoms with Crippen LogP contribution in [0.1, 0.15) is 5.56 Å². The monoisotopic (exact) mass is 273 g/mol. The molecule has 0 saturated carbocycles. The van der Waals surface area contributed by atoms with Crippen molar-refractivity contribution >= 4 is 11.0 Å². The van der Waals surface area contributed by atoms with Crippen LogP contribution in [0.15, 0.2) is 64.1 Å². The van der Waals surface area contributed by atoms with Crippen molar-refractivity contribution in [3.8, 4) is 5.69 Å². The summed E-state index contributed by atoms with van der Waals surface area (Å²) in [5, 5.41) is 0.962. The number of aryl methyl sites for hydroxylation is 1. The van der Waals surface area contributed by atoms with E-state index < -0.39 is 0 Å². The van der Waals surface area contributed by atoms with Crippen LogP contribution in [0.3, 0.4) is 0 Å². The summed E-state index contributed by atoms with van der Waals surface area (Å²) in [6, 6.07) is 13.2. The summed E-state index contributed by atoms with van der Waals surface area (Å²) in [5.74, 6) is 0. The van der Waals surface area contributed by atoms with Crippen molar-refractivity contribution in [2.24, 2.45) is 0 Å². The molecule has 0 amide bonds. The first-order valence-electron chi connectivity index (χ1n) is 5.76. The second-order valence-electron chi connectivity index (χ2n) is 4.14. The summed E-state index contributed by atoms with van der Waals surface area (Å²) in [7, 11) is 0. The zero-order valence-electron chi connectivity index (χ0n) is 10.3. The van der Waals surface area contributed by atoms with Crippen molar-refractivity contribution in [2.45, 2.75) is 6.92 Å². The molecule has 0 aliphatic carbocycles. The van der Waals surface area contributed by atoms with Gasteiger partial charge in [-0.1, -0.05) is 24.3 Å². The van der Waals surface area contributed by atoms with Crippen LogP contribution in [-0.4, -0.2) is 0 Å². The molecular formula is C15H12ClNO2. The average molecular weight is 274 g/mol. The first-order valence-corrected chi connectivity index (χ1v) is 5.76. The molecule has 0 aliphatic rings. The summed E-state index contributed by atoms with van der Waals surface area (Å²) in [6.07, 6.45) is 3.68. The molecule has 3 rings (SSSR count). The summed E-state index contributed by atoms with van der Waals surface area (Å²) in [4.78, 5) is 12.1. The van der Waals surface area contributed by atoms with Gasteiger partial charge in [0.15, 0.2) is 12.4 Å². The third kappa shape index (κ3) is 2.25. The molecule has 0 radical (unpaired) electrons. The first-order chi connectivity index (χ1) is 8.77. The molecule has 3 nitrogen and oxygen atoms in total. The van der Waals surface area contributed by atoms with E-state index in [4.69, 9.17) is 4.42 Å². The number of hydrogen-bond acceptors (Lipinski definition) is 2. The number of halogens is 1. The minimum atomic E-state index is -0.317. The van der Waals surface area contributed by atoms with E-state index in [1.165, 1.54) is 0 Å². The van der Waals surface area contributed by atoms with Crippen molar-refractivity contribution in [3.05, 3.63) is 70.8 Å². The van der Waals surface area contributed by atoms with Gasteiger partial charge in [0.1, 0.15) is 5.58 Å². The molecule has 0 bridgehead atoms. The third-order valence-electron chi connectivity index (χ3n) is 3.02. The number of pyridine rings is 1. The second kappa shape index (κ2) is 5.24. The Bertz CT molecular complexity index is 766. The molecule has 2 heterocycles. The fourth-order valence-electron chi connectivity index (χ4n) is 2.14. The van der Waals surface area contributed by atoms with Crippen molar-refractivity contribution in [1.29, 1.82) is 0 Å². The number of rotatable bonds is 1. The van der Waals surface area contributed by atoms with Gasteiger partial charge in [-0.3, -0.25) is 0 Å². The number of hydrogen-bond donors (Lipinski definition) is 0. The summed E-state index contributed by atoms with van der Waals surface area (Å²) in [6.45, 7) is 1.94. The summed E-state index contributed by atoms with van der Waals surface area (Å²) < 4.78 is 7.14. The topological polar surface area (TPSA) is 34.1 Å². The van der Waals surface area contributed by atoms with Crippen LogP contribution in [0.5, 0.6) is 0 Å². The van der Waals surface area contributed by atoms with E-state index in [0.717, 1.165) is 10.9 Å². The largest absolute Gasteiger partial charge is 1.00 e. The number of benzene rings is 1. The van der Waals surface area contributed by atoms with Gasteiger partial charge in [-0.05, 0) is 13.0 Å². The number of aromatic nitrogens is 1. The van der Waals surface area contributed by atoms with Crippen molar-refractivity contribution in [1.82, 2.24) is 0 Å². The fraction of sp³-hybridized carbons (Fsp3) is 0.0667. The molecule has 0 unspecified atom stereocenters. The van der Waals surface area contributed by atoms with Crippen molar-refractivity contribution in [3.63, 3.8) is 0 Å². The quantitative estimate of drug-likeness (QED) is 0.438. The van der Waals surface area contributed by atoms with E-state index in [-0.39, 0.29) is 18.0 Å². The average Bonchev–Trinajstić information content (AvgIpc) is 2.40. The van der Waals surface area contributed by atoms with Crippen LogP contribution >= 0.6 is 0 Å². The molecule has 4 heteroatoms. The Balaban J connectivity index is 0.00000133. The van der Waals surface area contributed by atoms with E-state index in [0.29, 0.717) is 11.3 Å². The van der Waals surface area contributed by atoms with E-state index in [1.807, 2.05) is 61.8 Å². The number of fused-ring (bicyclic) bond motifs is 1. The Hall–Kier alpha value is -2.13. The van der Waals surface area contributed by atoms with Crippen molar-refractivity contribution in [2.75, 3.05) is 0 Å². The Labute approximate surface area is 116 Å². The summed E-state index contributed by atoms with van der Waals surface area (Å²) >= 11 is 0. The molecule has 0 saturated heterocycles. The first kappa shape index (κ1) is 13.3. The van der Waals surface area contributed by atoms with Gasteiger partial charge in [0.05, 0.1) is 0 Å². The predicted octanol–water partition coefficient (Wildman–Crippen LogP) is -0.618. The highest BCUT2D eigenvalue weighted by Gasteiger charge is 2.19. The van der Waals surface area contributed by atoms with Gasteiger partial charge in [0.25, 0.3) is 5.69 Å². The van der Waals surface area contributed by atoms with E-state index in [2.05, 4.69) is 0 Å². The maximum atomic E-state index is 12.1. The minimum absolute atomic E-state index is 0.